The van der Waals surface area contributed by atoms with Gasteiger partial charge in [-0.1, -0.05) is 20.8 Å². The van der Waals surface area contributed by atoms with Crippen molar-refractivity contribution >= 4 is 18.8 Å². The van der Waals surface area contributed by atoms with Gasteiger partial charge in [0.1, 0.15) is 17.7 Å². The molecule has 0 radical (unpaired) electrons. The summed E-state index contributed by atoms with van der Waals surface area (Å²) < 4.78 is 27.0. The number of aromatic nitrogens is 4. The molecule has 1 saturated heterocycles. The van der Waals surface area contributed by atoms with Gasteiger partial charge in [-0.25, -0.2) is 9.97 Å². The van der Waals surface area contributed by atoms with E-state index in [1.807, 2.05) is 0 Å². The molecule has 1 aliphatic heterocycles. The van der Waals surface area contributed by atoms with Crippen LogP contribution in [0.3, 0.4) is 0 Å². The lowest BCUT2D eigenvalue weighted by molar-refractivity contribution is -0.0493. The maximum atomic E-state index is 12.7. The molecule has 3 rings (SSSR count). The predicted octanol–water partition coefficient (Wildman–Crippen LogP) is 0.748. The van der Waals surface area contributed by atoms with Gasteiger partial charge in [0.05, 0.1) is 24.9 Å². The van der Waals surface area contributed by atoms with E-state index in [0.717, 1.165) is 0 Å². The summed E-state index contributed by atoms with van der Waals surface area (Å²) in [5.41, 5.74) is 0.776. The van der Waals surface area contributed by atoms with Crippen LogP contribution in [-0.2, 0) is 20.9 Å². The van der Waals surface area contributed by atoms with Crippen molar-refractivity contribution in [2.24, 2.45) is 7.05 Å². The van der Waals surface area contributed by atoms with Crippen molar-refractivity contribution < 1.29 is 34.0 Å². The van der Waals surface area contributed by atoms with Gasteiger partial charge in [-0.15, -0.1) is 0 Å². The van der Waals surface area contributed by atoms with Gasteiger partial charge in [-0.2, -0.15) is 0 Å². The number of imidazole rings is 1. The van der Waals surface area contributed by atoms with Crippen LogP contribution in [0.25, 0.3) is 11.2 Å². The van der Waals surface area contributed by atoms with Gasteiger partial charge in [0.15, 0.2) is 22.7 Å². The maximum absolute atomic E-state index is 12.7. The molecule has 13 heteroatoms. The topological polar surface area (TPSA) is 176 Å². The lowest BCUT2D eigenvalue weighted by Gasteiger charge is -2.33. The maximum Gasteiger partial charge on any atom is 0.359 e. The Balaban J connectivity index is 1.80. The first-order valence-corrected chi connectivity index (χ1v) is 12.2. The molecule has 2 aromatic rings. The van der Waals surface area contributed by atoms with E-state index in [-0.39, 0.29) is 24.8 Å². The van der Waals surface area contributed by atoms with Crippen molar-refractivity contribution in [3.8, 4) is 0 Å². The number of hydrogen-bond acceptors (Lipinski definition) is 9. The Morgan fingerprint density at radius 3 is 2.50 bits per heavy atom. The molecule has 6 atom stereocenters. The van der Waals surface area contributed by atoms with Gasteiger partial charge in [-0.05, 0) is 19.3 Å². The van der Waals surface area contributed by atoms with Crippen molar-refractivity contribution in [1.82, 2.24) is 19.1 Å². The fourth-order valence-corrected chi connectivity index (χ4v) is 5.48. The van der Waals surface area contributed by atoms with Crippen LogP contribution in [0.15, 0.2) is 12.7 Å². The number of aliphatic hydroxyl groups is 3. The molecule has 3 heterocycles. The molecule has 0 aliphatic carbocycles. The second-order valence-corrected chi connectivity index (χ2v) is 10.2. The summed E-state index contributed by atoms with van der Waals surface area (Å²) in [7, 11) is -2.71. The fourth-order valence-electron chi connectivity index (χ4n) is 3.85. The molecule has 1 aliphatic rings. The first-order valence-electron chi connectivity index (χ1n) is 10.7. The van der Waals surface area contributed by atoms with E-state index in [1.165, 1.54) is 21.8 Å². The predicted molar refractivity (Wildman–Crippen MR) is 113 cm³/mol. The largest absolute Gasteiger partial charge is 0.388 e. The normalized spacial score (nSPS) is 27.0. The number of aryl methyl sites for hydroxylation is 1. The monoisotopic (exact) mass is 473 g/mol. The Morgan fingerprint density at radius 2 is 1.91 bits per heavy atom. The number of aliphatic hydroxyl groups excluding tert-OH is 2. The number of nitrogens with zero attached hydrogens (tertiary/aromatic N) is 4. The van der Waals surface area contributed by atoms with Crippen molar-refractivity contribution in [1.29, 1.82) is 5.41 Å². The Kier molecular flexibility index (Phi) is 7.26. The van der Waals surface area contributed by atoms with Crippen LogP contribution in [0, 0.1) is 5.41 Å². The van der Waals surface area contributed by atoms with Gasteiger partial charge in [-0.3, -0.25) is 14.5 Å². The number of nitrogens with one attached hydrogen (secondary N) is 1. The van der Waals surface area contributed by atoms with Crippen molar-refractivity contribution in [3.05, 3.63) is 18.1 Å². The summed E-state index contributed by atoms with van der Waals surface area (Å²) in [4.78, 5) is 18.8. The SMILES string of the molecule is CCC(CC1O[C@@H](n2cnc3c(=N)n(C)cnc32)[C@H](O)[C@@H]1O)OP(=O)(O)C(O)(CC)CC. The third-order valence-electron chi connectivity index (χ3n) is 6.21. The van der Waals surface area contributed by atoms with Crippen molar-refractivity contribution in [3.63, 3.8) is 0 Å². The molecule has 0 bridgehead atoms. The molecule has 0 aromatic carbocycles. The smallest absolute Gasteiger partial charge is 0.359 e. The van der Waals surface area contributed by atoms with E-state index < -0.39 is 43.6 Å². The third kappa shape index (κ3) is 4.28. The van der Waals surface area contributed by atoms with Crippen LogP contribution >= 0.6 is 7.60 Å². The van der Waals surface area contributed by atoms with Crippen LogP contribution in [0.4, 0.5) is 0 Å². The van der Waals surface area contributed by atoms with Gasteiger partial charge in [0.25, 0.3) is 0 Å². The van der Waals surface area contributed by atoms with E-state index in [1.54, 1.807) is 27.8 Å². The average molecular weight is 473 g/mol. The van der Waals surface area contributed by atoms with Gasteiger partial charge in [0, 0.05) is 13.5 Å². The highest BCUT2D eigenvalue weighted by atomic mass is 31.2. The van der Waals surface area contributed by atoms with E-state index in [2.05, 4.69) is 9.97 Å². The average Bonchev–Trinajstić information content (AvgIpc) is 3.31. The summed E-state index contributed by atoms with van der Waals surface area (Å²) in [6.45, 7) is 4.96. The van der Waals surface area contributed by atoms with E-state index in [0.29, 0.717) is 17.6 Å². The number of rotatable bonds is 9. The minimum Gasteiger partial charge on any atom is -0.388 e. The summed E-state index contributed by atoms with van der Waals surface area (Å²) in [5, 5.41) is 37.9. The van der Waals surface area contributed by atoms with Crippen molar-refractivity contribution in [2.75, 3.05) is 0 Å². The first kappa shape index (κ1) is 25.0. The molecular formula is C19H32N5O7P. The summed E-state index contributed by atoms with van der Waals surface area (Å²) in [6.07, 6.45) is -2.03. The minimum atomic E-state index is -4.38. The molecule has 0 amide bonds. The Hall–Kier alpha value is -1.66. The second kappa shape index (κ2) is 9.30. The fraction of sp³-hybridized carbons (Fsp3) is 0.737. The molecule has 32 heavy (non-hydrogen) atoms. The van der Waals surface area contributed by atoms with Crippen LogP contribution in [-0.4, -0.2) is 69.1 Å². The lowest BCUT2D eigenvalue weighted by atomic mass is 10.0. The molecule has 180 valence electrons. The summed E-state index contributed by atoms with van der Waals surface area (Å²) in [5.74, 6) is 0. The van der Waals surface area contributed by atoms with Crippen LogP contribution in [0.1, 0.15) is 52.7 Å². The highest BCUT2D eigenvalue weighted by Gasteiger charge is 2.48. The van der Waals surface area contributed by atoms with Crippen LogP contribution in [0.5, 0.6) is 0 Å². The van der Waals surface area contributed by atoms with E-state index in [9.17, 15) is 24.8 Å². The zero-order valence-corrected chi connectivity index (χ0v) is 19.5. The zero-order valence-electron chi connectivity index (χ0n) is 18.6. The second-order valence-electron chi connectivity index (χ2n) is 8.16. The summed E-state index contributed by atoms with van der Waals surface area (Å²) in [6, 6.07) is 0. The first-order chi connectivity index (χ1) is 15.0. The quantitative estimate of drug-likeness (QED) is 0.329. The molecular weight excluding hydrogens is 441 g/mol. The Bertz CT molecular complexity index is 1050. The van der Waals surface area contributed by atoms with Gasteiger partial charge < -0.3 is 34.0 Å². The van der Waals surface area contributed by atoms with E-state index >= 15 is 0 Å². The molecule has 5 N–H and O–H groups in total. The molecule has 12 nitrogen and oxygen atoms in total. The number of fused-ring (bicyclic) bond motifs is 1. The van der Waals surface area contributed by atoms with Gasteiger partial charge >= 0.3 is 7.60 Å². The van der Waals surface area contributed by atoms with E-state index in [4.69, 9.17) is 14.7 Å². The highest BCUT2D eigenvalue weighted by molar-refractivity contribution is 7.54. The number of hydrogen-bond donors (Lipinski definition) is 5. The molecule has 0 spiro atoms. The van der Waals surface area contributed by atoms with Crippen LogP contribution < -0.4 is 5.49 Å². The minimum absolute atomic E-state index is 0.0258. The molecule has 1 fully saturated rings. The Morgan fingerprint density at radius 1 is 1.25 bits per heavy atom. The standard InChI is InChI=1S/C19H32N5O7P/c1-5-11(31-32(28,29)19(27,6-2)7-3)8-12-14(25)15(26)18(30-12)24-10-21-13-16(20)23(4)9-22-17(13)24/h9-12,14-15,18,20,25-27H,5-8H2,1-4H3,(H,28,29)/t11?,12?,14-,15-,18-/m1/s1. The van der Waals surface area contributed by atoms with Crippen LogP contribution in [0.2, 0.25) is 0 Å². The molecule has 2 aromatic heterocycles. The van der Waals surface area contributed by atoms with Crippen molar-refractivity contribution in [2.45, 2.75) is 82.4 Å². The molecule has 0 saturated carbocycles. The third-order valence-corrected chi connectivity index (χ3v) is 8.48. The zero-order chi connectivity index (χ0) is 23.8. The number of ether oxygens (including phenoxy) is 1. The lowest BCUT2D eigenvalue weighted by Crippen LogP contribution is -2.35. The van der Waals surface area contributed by atoms with Gasteiger partial charge in [0.2, 0.25) is 0 Å². The summed E-state index contributed by atoms with van der Waals surface area (Å²) >= 11 is 0. The molecule has 3 unspecified atom stereocenters. The Labute approximate surface area is 185 Å². The highest BCUT2D eigenvalue weighted by Crippen LogP contribution is 2.58.